The first-order valence-corrected chi connectivity index (χ1v) is 6.77. The third-order valence-electron chi connectivity index (χ3n) is 3.83. The zero-order valence-electron chi connectivity index (χ0n) is 10.7. The van der Waals surface area contributed by atoms with Crippen molar-refractivity contribution in [1.29, 1.82) is 0 Å². The lowest BCUT2D eigenvalue weighted by atomic mass is 10.1. The number of rotatable bonds is 5. The normalized spacial score (nSPS) is 22.6. The molecule has 3 heteroatoms. The fourth-order valence-corrected chi connectivity index (χ4v) is 2.74. The zero-order chi connectivity index (χ0) is 12.5. The van der Waals surface area contributed by atoms with Crippen molar-refractivity contribution in [3.63, 3.8) is 0 Å². The van der Waals surface area contributed by atoms with Gasteiger partial charge >= 0.3 is 0 Å². The Hall–Kier alpha value is -1.35. The summed E-state index contributed by atoms with van der Waals surface area (Å²) in [6, 6.07) is 4.98. The molecule has 1 aliphatic rings. The highest BCUT2D eigenvalue weighted by molar-refractivity contribution is 5.84. The molecule has 1 heterocycles. The van der Waals surface area contributed by atoms with E-state index in [9.17, 15) is 4.39 Å². The van der Waals surface area contributed by atoms with E-state index in [-0.39, 0.29) is 5.82 Å². The molecule has 3 rings (SSSR count). The first-order chi connectivity index (χ1) is 8.79. The lowest BCUT2D eigenvalue weighted by molar-refractivity contribution is 0.620. The molecular formula is C15H19FN2. The van der Waals surface area contributed by atoms with Crippen molar-refractivity contribution in [2.24, 2.45) is 5.92 Å². The molecule has 0 bridgehead atoms. The lowest BCUT2D eigenvalue weighted by Gasteiger charge is -2.02. The average molecular weight is 246 g/mol. The molecule has 2 N–H and O–H groups in total. The Balaban J connectivity index is 1.74. The molecule has 2 unspecified atom stereocenters. The van der Waals surface area contributed by atoms with Crippen LogP contribution in [0.1, 0.15) is 31.2 Å². The molecular weight excluding hydrogens is 227 g/mol. The van der Waals surface area contributed by atoms with E-state index in [2.05, 4.69) is 23.4 Å². The van der Waals surface area contributed by atoms with Crippen molar-refractivity contribution in [1.82, 2.24) is 10.3 Å². The highest BCUT2D eigenvalue weighted by Crippen LogP contribution is 2.49. The number of hydrogen-bond acceptors (Lipinski definition) is 1. The van der Waals surface area contributed by atoms with Crippen LogP contribution in [0.15, 0.2) is 24.4 Å². The van der Waals surface area contributed by atoms with Crippen molar-refractivity contribution < 1.29 is 4.39 Å². The topological polar surface area (TPSA) is 27.8 Å². The fourth-order valence-electron chi connectivity index (χ4n) is 2.74. The highest BCUT2D eigenvalue weighted by Gasteiger charge is 2.39. The van der Waals surface area contributed by atoms with Crippen LogP contribution in [-0.4, -0.2) is 18.1 Å². The second kappa shape index (κ2) is 4.73. The Labute approximate surface area is 107 Å². The minimum Gasteiger partial charge on any atom is -0.361 e. The molecule has 0 saturated heterocycles. The Kier molecular flexibility index (Phi) is 3.08. The maximum Gasteiger partial charge on any atom is 0.123 e. The number of nitrogens with one attached hydrogen (secondary N) is 2. The van der Waals surface area contributed by atoms with E-state index in [1.165, 1.54) is 24.5 Å². The monoisotopic (exact) mass is 246 g/mol. The number of benzene rings is 1. The molecule has 0 radical (unpaired) electrons. The summed E-state index contributed by atoms with van der Waals surface area (Å²) in [4.78, 5) is 3.24. The minimum atomic E-state index is -0.148. The van der Waals surface area contributed by atoms with Gasteiger partial charge in [-0.3, -0.25) is 0 Å². The van der Waals surface area contributed by atoms with E-state index in [1.54, 1.807) is 6.07 Å². The van der Waals surface area contributed by atoms with Gasteiger partial charge in [0, 0.05) is 17.1 Å². The van der Waals surface area contributed by atoms with Gasteiger partial charge in [-0.2, -0.15) is 0 Å². The van der Waals surface area contributed by atoms with Crippen molar-refractivity contribution in [3.8, 4) is 0 Å². The molecule has 1 aliphatic carbocycles. The van der Waals surface area contributed by atoms with Gasteiger partial charge in [-0.1, -0.05) is 6.92 Å². The predicted molar refractivity (Wildman–Crippen MR) is 72.3 cm³/mol. The first-order valence-electron chi connectivity index (χ1n) is 6.77. The second-order valence-corrected chi connectivity index (χ2v) is 5.24. The largest absolute Gasteiger partial charge is 0.361 e. The van der Waals surface area contributed by atoms with Crippen LogP contribution in [0, 0.1) is 11.7 Å². The van der Waals surface area contributed by atoms with E-state index in [0.29, 0.717) is 5.92 Å². The lowest BCUT2D eigenvalue weighted by Crippen LogP contribution is -2.17. The van der Waals surface area contributed by atoms with Gasteiger partial charge in [0.25, 0.3) is 0 Å². The van der Waals surface area contributed by atoms with Gasteiger partial charge < -0.3 is 10.3 Å². The van der Waals surface area contributed by atoms with Gasteiger partial charge in [0.1, 0.15) is 5.82 Å². The number of H-pyrrole nitrogens is 1. The van der Waals surface area contributed by atoms with Gasteiger partial charge in [0.2, 0.25) is 0 Å². The summed E-state index contributed by atoms with van der Waals surface area (Å²) >= 11 is 0. The summed E-state index contributed by atoms with van der Waals surface area (Å²) < 4.78 is 13.3. The second-order valence-electron chi connectivity index (χ2n) is 5.24. The summed E-state index contributed by atoms with van der Waals surface area (Å²) in [5.74, 6) is 1.17. The molecule has 18 heavy (non-hydrogen) atoms. The number of aromatic amines is 1. The number of aromatic nitrogens is 1. The van der Waals surface area contributed by atoms with Gasteiger partial charge in [0.15, 0.2) is 0 Å². The Morgan fingerprint density at radius 1 is 1.44 bits per heavy atom. The van der Waals surface area contributed by atoms with Crippen LogP contribution in [0.3, 0.4) is 0 Å². The van der Waals surface area contributed by atoms with Gasteiger partial charge in [-0.15, -0.1) is 0 Å². The highest BCUT2D eigenvalue weighted by atomic mass is 19.1. The van der Waals surface area contributed by atoms with Crippen molar-refractivity contribution in [2.75, 3.05) is 13.1 Å². The molecule has 96 valence electrons. The van der Waals surface area contributed by atoms with E-state index in [0.717, 1.165) is 29.9 Å². The van der Waals surface area contributed by atoms with E-state index in [4.69, 9.17) is 0 Å². The molecule has 1 aromatic carbocycles. The van der Waals surface area contributed by atoms with Crippen LogP contribution < -0.4 is 5.32 Å². The molecule has 0 spiro atoms. The molecule has 0 aliphatic heterocycles. The summed E-state index contributed by atoms with van der Waals surface area (Å²) in [6.45, 7) is 4.35. The minimum absolute atomic E-state index is 0.148. The first kappa shape index (κ1) is 11.7. The van der Waals surface area contributed by atoms with Crippen LogP contribution >= 0.6 is 0 Å². The maximum atomic E-state index is 13.3. The Morgan fingerprint density at radius 2 is 2.33 bits per heavy atom. The summed E-state index contributed by atoms with van der Waals surface area (Å²) in [6.07, 6.45) is 4.45. The number of fused-ring (bicyclic) bond motifs is 1. The predicted octanol–water partition coefficient (Wildman–Crippen LogP) is 3.41. The molecule has 2 nitrogen and oxygen atoms in total. The standard InChI is InChI=1S/C15H19FN2/c1-2-5-17-8-10-6-12(10)14-9-18-15-4-3-11(16)7-13(14)15/h3-4,7,9-10,12,17-18H,2,5-6,8H2,1H3. The Morgan fingerprint density at radius 3 is 3.17 bits per heavy atom. The summed E-state index contributed by atoms with van der Waals surface area (Å²) in [5, 5.41) is 4.52. The van der Waals surface area contributed by atoms with Crippen LogP contribution in [0.25, 0.3) is 10.9 Å². The van der Waals surface area contributed by atoms with Crippen LogP contribution in [0.4, 0.5) is 4.39 Å². The van der Waals surface area contributed by atoms with Crippen LogP contribution in [-0.2, 0) is 0 Å². The molecule has 1 saturated carbocycles. The summed E-state index contributed by atoms with van der Waals surface area (Å²) in [5.41, 5.74) is 2.33. The molecule has 1 aromatic heterocycles. The van der Waals surface area contributed by atoms with E-state index in [1.807, 2.05) is 6.07 Å². The average Bonchev–Trinajstić information content (AvgIpc) is 3.00. The van der Waals surface area contributed by atoms with Gasteiger partial charge in [-0.05, 0) is 61.5 Å². The van der Waals surface area contributed by atoms with Crippen molar-refractivity contribution >= 4 is 10.9 Å². The zero-order valence-corrected chi connectivity index (χ0v) is 10.7. The smallest absolute Gasteiger partial charge is 0.123 e. The fraction of sp³-hybridized carbons (Fsp3) is 0.467. The third kappa shape index (κ3) is 2.15. The van der Waals surface area contributed by atoms with Crippen molar-refractivity contribution in [3.05, 3.63) is 35.8 Å². The number of halogens is 1. The number of hydrogen-bond donors (Lipinski definition) is 2. The van der Waals surface area contributed by atoms with Crippen LogP contribution in [0.2, 0.25) is 0 Å². The van der Waals surface area contributed by atoms with Crippen molar-refractivity contribution in [2.45, 2.75) is 25.7 Å². The molecule has 1 fully saturated rings. The quantitative estimate of drug-likeness (QED) is 0.777. The Bertz CT molecular complexity index is 546. The van der Waals surface area contributed by atoms with E-state index >= 15 is 0 Å². The van der Waals surface area contributed by atoms with E-state index < -0.39 is 0 Å². The maximum absolute atomic E-state index is 13.3. The van der Waals surface area contributed by atoms with Gasteiger partial charge in [0.05, 0.1) is 0 Å². The van der Waals surface area contributed by atoms with Crippen LogP contribution in [0.5, 0.6) is 0 Å². The molecule has 2 aromatic rings. The molecule has 2 atom stereocenters. The summed E-state index contributed by atoms with van der Waals surface area (Å²) in [7, 11) is 0. The molecule has 0 amide bonds. The third-order valence-corrected chi connectivity index (χ3v) is 3.83. The van der Waals surface area contributed by atoms with Gasteiger partial charge in [-0.25, -0.2) is 4.39 Å². The SMILES string of the molecule is CCCNCC1CC1c1c[nH]c2ccc(F)cc12.